The van der Waals surface area contributed by atoms with Gasteiger partial charge in [-0.1, -0.05) is 12.1 Å². The number of benzene rings is 2. The van der Waals surface area contributed by atoms with Crippen LogP contribution in [-0.4, -0.2) is 29.0 Å². The van der Waals surface area contributed by atoms with Gasteiger partial charge in [0.2, 0.25) is 0 Å². The lowest BCUT2D eigenvalue weighted by Gasteiger charge is -2.25. The molecule has 0 unspecified atom stereocenters. The Morgan fingerprint density at radius 2 is 1.66 bits per heavy atom. The van der Waals surface area contributed by atoms with Crippen LogP contribution >= 0.6 is 0 Å². The van der Waals surface area contributed by atoms with Gasteiger partial charge >= 0.3 is 6.03 Å². The van der Waals surface area contributed by atoms with Gasteiger partial charge in [-0.2, -0.15) is 5.26 Å². The van der Waals surface area contributed by atoms with E-state index >= 15 is 0 Å². The van der Waals surface area contributed by atoms with Gasteiger partial charge < -0.3 is 4.74 Å². The van der Waals surface area contributed by atoms with Crippen LogP contribution in [0.2, 0.25) is 0 Å². The molecule has 0 atom stereocenters. The van der Waals surface area contributed by atoms with E-state index in [2.05, 4.69) is 0 Å². The van der Waals surface area contributed by atoms with E-state index in [9.17, 15) is 9.59 Å². The van der Waals surface area contributed by atoms with Crippen molar-refractivity contribution in [3.05, 3.63) is 58.7 Å². The first-order chi connectivity index (χ1) is 13.6. The topological polar surface area (TPSA) is 73.6 Å². The summed E-state index contributed by atoms with van der Waals surface area (Å²) in [6, 6.07) is 12.2. The maximum Gasteiger partial charge on any atom is 0.332 e. The van der Waals surface area contributed by atoms with Gasteiger partial charge in [-0.25, -0.2) is 4.79 Å². The Labute approximate surface area is 171 Å². The number of nitrogens with zero attached hydrogens (tertiary/aromatic N) is 3. The van der Waals surface area contributed by atoms with E-state index in [0.29, 0.717) is 11.3 Å². The molecule has 3 rings (SSSR count). The zero-order valence-electron chi connectivity index (χ0n) is 17.4. The zero-order valence-corrected chi connectivity index (χ0v) is 17.4. The number of ether oxygens (including phenoxy) is 1. The Kier molecular flexibility index (Phi) is 5.34. The molecule has 150 valence electrons. The average Bonchev–Trinajstić information content (AvgIpc) is 2.92. The van der Waals surface area contributed by atoms with Crippen molar-refractivity contribution in [2.45, 2.75) is 46.8 Å². The van der Waals surface area contributed by atoms with Gasteiger partial charge in [0.15, 0.2) is 0 Å². The lowest BCUT2D eigenvalue weighted by Crippen LogP contribution is -2.32. The van der Waals surface area contributed by atoms with Gasteiger partial charge in [-0.3, -0.25) is 14.6 Å². The van der Waals surface area contributed by atoms with Gasteiger partial charge in [0.05, 0.1) is 18.2 Å². The summed E-state index contributed by atoms with van der Waals surface area (Å²) < 4.78 is 6.05. The van der Waals surface area contributed by atoms with E-state index in [1.165, 1.54) is 9.80 Å². The molecular weight excluding hydrogens is 366 g/mol. The number of anilines is 1. The first-order valence-electron chi connectivity index (χ1n) is 9.50. The normalized spacial score (nSPS) is 14.3. The molecule has 2 aromatic carbocycles. The van der Waals surface area contributed by atoms with Crippen molar-refractivity contribution >= 4 is 17.6 Å². The predicted molar refractivity (Wildman–Crippen MR) is 111 cm³/mol. The maximum atomic E-state index is 12.8. The Morgan fingerprint density at radius 3 is 2.17 bits per heavy atom. The maximum absolute atomic E-state index is 12.8. The fourth-order valence-electron chi connectivity index (χ4n) is 3.40. The third-order valence-electron chi connectivity index (χ3n) is 4.63. The second-order valence-electron chi connectivity index (χ2n) is 8.28. The van der Waals surface area contributed by atoms with Crippen LogP contribution in [0.1, 0.15) is 43.0 Å². The molecule has 1 aliphatic rings. The standard InChI is InChI=1S/C23H25N3O3/c1-15-10-18(11-16(2)21(15)29-23(3,4)5)13-26-20(27)14-25(22(26)28)19-8-6-17(12-24)7-9-19/h6-11H,13-14H2,1-5H3. The highest BCUT2D eigenvalue weighted by molar-refractivity contribution is 6.12. The number of carbonyl (C=O) groups is 2. The molecular formula is C23H25N3O3. The zero-order chi connectivity index (χ0) is 21.3. The number of aryl methyl sites for hydroxylation is 2. The quantitative estimate of drug-likeness (QED) is 0.728. The summed E-state index contributed by atoms with van der Waals surface area (Å²) in [5.74, 6) is 0.587. The van der Waals surface area contributed by atoms with E-state index in [1.54, 1.807) is 24.3 Å². The smallest absolute Gasteiger partial charge is 0.332 e. The van der Waals surface area contributed by atoms with Crippen LogP contribution in [0.5, 0.6) is 5.75 Å². The Balaban J connectivity index is 1.80. The number of carbonyl (C=O) groups excluding carboxylic acids is 2. The van der Waals surface area contributed by atoms with Crippen molar-refractivity contribution in [2.24, 2.45) is 0 Å². The highest BCUT2D eigenvalue weighted by atomic mass is 16.5. The van der Waals surface area contributed by atoms with Crippen LogP contribution in [0.25, 0.3) is 0 Å². The molecule has 1 heterocycles. The molecule has 0 spiro atoms. The number of hydrogen-bond donors (Lipinski definition) is 0. The molecule has 1 fully saturated rings. The minimum atomic E-state index is -0.356. The van der Waals surface area contributed by atoms with E-state index in [0.717, 1.165) is 22.4 Å². The molecule has 2 aromatic rings. The van der Waals surface area contributed by atoms with Gasteiger partial charge in [-0.05, 0) is 75.6 Å². The first kappa shape index (κ1) is 20.4. The summed E-state index contributed by atoms with van der Waals surface area (Å²) in [5.41, 5.74) is 3.62. The highest BCUT2D eigenvalue weighted by Gasteiger charge is 2.37. The third kappa shape index (κ3) is 4.40. The van der Waals surface area contributed by atoms with Gasteiger partial charge in [0.1, 0.15) is 17.9 Å². The van der Waals surface area contributed by atoms with Crippen molar-refractivity contribution in [1.29, 1.82) is 5.26 Å². The molecule has 0 aliphatic carbocycles. The monoisotopic (exact) mass is 391 g/mol. The fraction of sp³-hybridized carbons (Fsp3) is 0.348. The van der Waals surface area contributed by atoms with Crippen LogP contribution in [-0.2, 0) is 11.3 Å². The highest BCUT2D eigenvalue weighted by Crippen LogP contribution is 2.30. The second-order valence-corrected chi connectivity index (χ2v) is 8.28. The summed E-state index contributed by atoms with van der Waals surface area (Å²) in [7, 11) is 0. The van der Waals surface area contributed by atoms with Crippen molar-refractivity contribution in [3.63, 3.8) is 0 Å². The average molecular weight is 391 g/mol. The van der Waals surface area contributed by atoms with Gasteiger partial charge in [0, 0.05) is 5.69 Å². The molecule has 0 bridgehead atoms. The van der Waals surface area contributed by atoms with Crippen molar-refractivity contribution in [3.8, 4) is 11.8 Å². The lowest BCUT2D eigenvalue weighted by molar-refractivity contribution is -0.125. The summed E-state index contributed by atoms with van der Waals surface area (Å²) in [6.07, 6.45) is 0. The summed E-state index contributed by atoms with van der Waals surface area (Å²) in [6.45, 7) is 10.1. The Bertz CT molecular complexity index is 975. The molecule has 0 saturated carbocycles. The number of hydrogen-bond acceptors (Lipinski definition) is 4. The molecule has 6 nitrogen and oxygen atoms in total. The van der Waals surface area contributed by atoms with E-state index in [4.69, 9.17) is 10.00 Å². The minimum absolute atomic E-state index is 0.00604. The van der Waals surface area contributed by atoms with Crippen LogP contribution in [0.4, 0.5) is 10.5 Å². The minimum Gasteiger partial charge on any atom is -0.488 e. The number of rotatable bonds is 4. The van der Waals surface area contributed by atoms with E-state index in [-0.39, 0.29) is 30.6 Å². The number of nitriles is 1. The van der Waals surface area contributed by atoms with Crippen LogP contribution in [0.15, 0.2) is 36.4 Å². The molecule has 1 saturated heterocycles. The third-order valence-corrected chi connectivity index (χ3v) is 4.63. The molecule has 0 N–H and O–H groups in total. The first-order valence-corrected chi connectivity index (χ1v) is 9.50. The largest absolute Gasteiger partial charge is 0.488 e. The van der Waals surface area contributed by atoms with E-state index < -0.39 is 0 Å². The van der Waals surface area contributed by atoms with Crippen LogP contribution < -0.4 is 9.64 Å². The van der Waals surface area contributed by atoms with E-state index in [1.807, 2.05) is 52.8 Å². The molecule has 0 radical (unpaired) electrons. The van der Waals surface area contributed by atoms with Crippen molar-refractivity contribution in [2.75, 3.05) is 11.4 Å². The van der Waals surface area contributed by atoms with Gasteiger partial charge in [0.25, 0.3) is 5.91 Å². The fourth-order valence-corrected chi connectivity index (χ4v) is 3.40. The van der Waals surface area contributed by atoms with Crippen LogP contribution in [0.3, 0.4) is 0 Å². The number of urea groups is 1. The SMILES string of the molecule is Cc1cc(CN2C(=O)CN(c3ccc(C#N)cc3)C2=O)cc(C)c1OC(C)(C)C. The molecule has 0 aromatic heterocycles. The van der Waals surface area contributed by atoms with Gasteiger partial charge in [-0.15, -0.1) is 0 Å². The predicted octanol–water partition coefficient (Wildman–Crippen LogP) is 4.32. The molecule has 29 heavy (non-hydrogen) atoms. The molecule has 6 heteroatoms. The summed E-state index contributed by atoms with van der Waals surface area (Å²) in [4.78, 5) is 28.0. The van der Waals surface area contributed by atoms with Crippen LogP contribution in [0, 0.1) is 25.2 Å². The van der Waals surface area contributed by atoms with Crippen molar-refractivity contribution < 1.29 is 14.3 Å². The Hall–Kier alpha value is -3.33. The van der Waals surface area contributed by atoms with Crippen molar-refractivity contribution in [1.82, 2.24) is 4.90 Å². The summed E-state index contributed by atoms with van der Waals surface area (Å²) in [5, 5.41) is 8.92. The molecule has 3 amide bonds. The lowest BCUT2D eigenvalue weighted by atomic mass is 10.0. The second kappa shape index (κ2) is 7.59. The summed E-state index contributed by atoms with van der Waals surface area (Å²) >= 11 is 0. The number of amides is 3. The molecule has 1 aliphatic heterocycles. The number of imide groups is 1. The Morgan fingerprint density at radius 1 is 1.07 bits per heavy atom.